The number of anilines is 1. The molecule has 13 heteroatoms. The topological polar surface area (TPSA) is 143 Å². The standard InChI is InChI=1S/C35H47N3O8S2/c1-25-14-17-31(18-15-25)48(43,44)37(5)23-34-26(2)22-38(27(3)24-39)35(40)32-21-29(36-47(41,42)30-12-7-6-8-13-30)16-19-33(32)46-28(4)11-9-10-20-45-34/h6-8,12-19,21,26-28,34,36,39H,9-11,20,22-24H2,1-5H3/t26-,27+,28+,34-/m1/s1. The molecule has 1 amide bonds. The molecular weight excluding hydrogens is 655 g/mol. The number of hydrogen-bond acceptors (Lipinski definition) is 8. The van der Waals surface area contributed by atoms with Crippen molar-refractivity contribution in [2.24, 2.45) is 5.92 Å². The molecule has 0 saturated heterocycles. The molecule has 262 valence electrons. The maximum Gasteiger partial charge on any atom is 0.261 e. The molecule has 1 aliphatic rings. The minimum atomic E-state index is -3.94. The molecule has 0 radical (unpaired) electrons. The number of carbonyl (C=O) groups is 1. The summed E-state index contributed by atoms with van der Waals surface area (Å²) in [5.74, 6) is -0.529. The Morgan fingerprint density at radius 1 is 0.979 bits per heavy atom. The van der Waals surface area contributed by atoms with Gasteiger partial charge in [0.15, 0.2) is 0 Å². The number of nitrogens with zero attached hydrogens (tertiary/aromatic N) is 2. The summed E-state index contributed by atoms with van der Waals surface area (Å²) in [5.41, 5.74) is 1.26. The van der Waals surface area contributed by atoms with E-state index in [0.29, 0.717) is 25.2 Å². The quantitative estimate of drug-likeness (QED) is 0.321. The number of aliphatic hydroxyl groups excluding tert-OH is 1. The van der Waals surface area contributed by atoms with Crippen molar-refractivity contribution >= 4 is 31.6 Å². The van der Waals surface area contributed by atoms with E-state index in [2.05, 4.69) is 4.72 Å². The predicted octanol–water partition coefficient (Wildman–Crippen LogP) is 4.91. The number of likely N-dealkylation sites (N-methyl/N-ethyl adjacent to an activating group) is 1. The highest BCUT2D eigenvalue weighted by molar-refractivity contribution is 7.92. The Hall–Kier alpha value is -3.49. The highest BCUT2D eigenvalue weighted by Crippen LogP contribution is 2.30. The number of aliphatic hydroxyl groups is 1. The van der Waals surface area contributed by atoms with Crippen molar-refractivity contribution in [3.05, 3.63) is 83.9 Å². The van der Waals surface area contributed by atoms with Crippen LogP contribution in [-0.4, -0.2) is 88.7 Å². The van der Waals surface area contributed by atoms with Crippen LogP contribution in [0.3, 0.4) is 0 Å². The molecule has 0 fully saturated rings. The summed E-state index contributed by atoms with van der Waals surface area (Å²) in [6.07, 6.45) is 1.31. The third kappa shape index (κ3) is 9.35. The van der Waals surface area contributed by atoms with Gasteiger partial charge in [0.2, 0.25) is 10.0 Å². The first kappa shape index (κ1) is 37.3. The summed E-state index contributed by atoms with van der Waals surface area (Å²) >= 11 is 0. The van der Waals surface area contributed by atoms with E-state index in [4.69, 9.17) is 9.47 Å². The summed E-state index contributed by atoms with van der Waals surface area (Å²) in [6.45, 7) is 7.62. The van der Waals surface area contributed by atoms with Crippen molar-refractivity contribution in [2.45, 2.75) is 75.0 Å². The van der Waals surface area contributed by atoms with Crippen LogP contribution in [0.25, 0.3) is 0 Å². The minimum absolute atomic E-state index is 0.0500. The molecule has 0 spiro atoms. The normalized spacial score (nSPS) is 20.8. The third-order valence-electron chi connectivity index (χ3n) is 8.52. The SMILES string of the molecule is Cc1ccc(S(=O)(=O)N(C)C[C@H]2OCCCC[C@H](C)Oc3ccc(NS(=O)(=O)c4ccccc4)cc3C(=O)N([C@@H](C)CO)C[C@H]2C)cc1. The molecule has 0 aliphatic carbocycles. The molecule has 0 bridgehead atoms. The lowest BCUT2D eigenvalue weighted by molar-refractivity contribution is -0.00833. The van der Waals surface area contributed by atoms with Gasteiger partial charge in [-0.15, -0.1) is 0 Å². The zero-order chi connectivity index (χ0) is 35.1. The molecule has 0 aromatic heterocycles. The molecule has 0 saturated carbocycles. The molecule has 1 heterocycles. The second-order valence-corrected chi connectivity index (χ2v) is 16.3. The van der Waals surface area contributed by atoms with E-state index in [1.807, 2.05) is 20.8 Å². The first-order valence-electron chi connectivity index (χ1n) is 16.2. The summed E-state index contributed by atoms with van der Waals surface area (Å²) in [7, 11) is -6.23. The van der Waals surface area contributed by atoms with E-state index in [9.17, 15) is 26.7 Å². The molecule has 48 heavy (non-hydrogen) atoms. The summed E-state index contributed by atoms with van der Waals surface area (Å²) < 4.78 is 69.5. The van der Waals surface area contributed by atoms with Gasteiger partial charge >= 0.3 is 0 Å². The Morgan fingerprint density at radius 3 is 2.33 bits per heavy atom. The largest absolute Gasteiger partial charge is 0.490 e. The monoisotopic (exact) mass is 701 g/mol. The minimum Gasteiger partial charge on any atom is -0.490 e. The van der Waals surface area contributed by atoms with Crippen molar-refractivity contribution in [2.75, 3.05) is 38.1 Å². The van der Waals surface area contributed by atoms with Crippen LogP contribution in [0.5, 0.6) is 5.75 Å². The van der Waals surface area contributed by atoms with Gasteiger partial charge in [0, 0.05) is 38.3 Å². The highest BCUT2D eigenvalue weighted by Gasteiger charge is 2.32. The van der Waals surface area contributed by atoms with Crippen molar-refractivity contribution in [1.29, 1.82) is 0 Å². The van der Waals surface area contributed by atoms with Crippen LogP contribution in [0.15, 0.2) is 82.6 Å². The number of rotatable bonds is 9. The van der Waals surface area contributed by atoms with Gasteiger partial charge in [-0.1, -0.05) is 42.8 Å². The van der Waals surface area contributed by atoms with Crippen LogP contribution in [-0.2, 0) is 24.8 Å². The summed E-state index contributed by atoms with van der Waals surface area (Å²) in [6, 6.07) is 18.6. The van der Waals surface area contributed by atoms with Gasteiger partial charge in [-0.25, -0.2) is 16.8 Å². The molecule has 0 unspecified atom stereocenters. The van der Waals surface area contributed by atoms with Crippen LogP contribution in [0, 0.1) is 12.8 Å². The maximum absolute atomic E-state index is 14.4. The number of benzene rings is 3. The Kier molecular flexibility index (Phi) is 12.7. The number of nitrogens with one attached hydrogen (secondary N) is 1. The average Bonchev–Trinajstić information content (AvgIpc) is 3.06. The van der Waals surface area contributed by atoms with Gasteiger partial charge in [-0.3, -0.25) is 9.52 Å². The van der Waals surface area contributed by atoms with Crippen molar-refractivity contribution < 1.29 is 36.2 Å². The number of amides is 1. The van der Waals surface area contributed by atoms with Gasteiger partial charge in [0.1, 0.15) is 5.75 Å². The molecule has 3 aromatic rings. The van der Waals surface area contributed by atoms with Crippen LogP contribution in [0.1, 0.15) is 56.0 Å². The van der Waals surface area contributed by atoms with Crippen LogP contribution < -0.4 is 9.46 Å². The highest BCUT2D eigenvalue weighted by atomic mass is 32.2. The smallest absolute Gasteiger partial charge is 0.261 e. The van der Waals surface area contributed by atoms with Crippen molar-refractivity contribution in [3.63, 3.8) is 0 Å². The van der Waals surface area contributed by atoms with Gasteiger partial charge < -0.3 is 19.5 Å². The second-order valence-electron chi connectivity index (χ2n) is 12.5. The van der Waals surface area contributed by atoms with E-state index >= 15 is 0 Å². The van der Waals surface area contributed by atoms with Gasteiger partial charge in [-0.05, 0) is 82.5 Å². The van der Waals surface area contributed by atoms with Crippen LogP contribution >= 0.6 is 0 Å². The average molecular weight is 702 g/mol. The molecule has 4 rings (SSSR count). The summed E-state index contributed by atoms with van der Waals surface area (Å²) in [4.78, 5) is 16.1. The fraction of sp³-hybridized carbons (Fsp3) is 0.457. The number of hydrogen-bond donors (Lipinski definition) is 2. The Morgan fingerprint density at radius 2 is 1.67 bits per heavy atom. The number of sulfonamides is 2. The van der Waals surface area contributed by atoms with Crippen LogP contribution in [0.4, 0.5) is 5.69 Å². The Balaban J connectivity index is 1.67. The lowest BCUT2D eigenvalue weighted by Crippen LogP contribution is -2.48. The van der Waals surface area contributed by atoms with E-state index < -0.39 is 38.1 Å². The van der Waals surface area contributed by atoms with Gasteiger partial charge in [-0.2, -0.15) is 4.31 Å². The first-order valence-corrected chi connectivity index (χ1v) is 19.1. The summed E-state index contributed by atoms with van der Waals surface area (Å²) in [5, 5.41) is 10.2. The number of fused-ring (bicyclic) bond motifs is 1. The number of aryl methyl sites for hydroxylation is 1. The third-order valence-corrected chi connectivity index (χ3v) is 11.8. The fourth-order valence-electron chi connectivity index (χ4n) is 5.50. The Bertz CT molecular complexity index is 1740. The molecule has 3 aromatic carbocycles. The molecule has 1 aliphatic heterocycles. The predicted molar refractivity (Wildman–Crippen MR) is 185 cm³/mol. The van der Waals surface area contributed by atoms with E-state index in [1.54, 1.807) is 61.5 Å². The van der Waals surface area contributed by atoms with E-state index in [1.165, 1.54) is 34.5 Å². The second kappa shape index (κ2) is 16.3. The zero-order valence-electron chi connectivity index (χ0n) is 28.2. The lowest BCUT2D eigenvalue weighted by Gasteiger charge is -2.35. The lowest BCUT2D eigenvalue weighted by atomic mass is 10.0. The van der Waals surface area contributed by atoms with Gasteiger partial charge in [0.05, 0.1) is 40.2 Å². The van der Waals surface area contributed by atoms with Crippen LogP contribution in [0.2, 0.25) is 0 Å². The maximum atomic E-state index is 14.4. The molecule has 4 atom stereocenters. The Labute approximate surface area is 285 Å². The van der Waals surface area contributed by atoms with E-state index in [-0.39, 0.29) is 52.8 Å². The zero-order valence-corrected chi connectivity index (χ0v) is 29.8. The van der Waals surface area contributed by atoms with Gasteiger partial charge in [0.25, 0.3) is 15.9 Å². The first-order chi connectivity index (χ1) is 22.7. The fourth-order valence-corrected chi connectivity index (χ4v) is 7.76. The number of carbonyl (C=O) groups excluding carboxylic acids is 1. The van der Waals surface area contributed by atoms with Crippen molar-refractivity contribution in [3.8, 4) is 5.75 Å². The van der Waals surface area contributed by atoms with Crippen molar-refractivity contribution in [1.82, 2.24) is 9.21 Å². The molecule has 11 nitrogen and oxygen atoms in total. The molecule has 2 N–H and O–H groups in total. The number of ether oxygens (including phenoxy) is 2. The molecular formula is C35H47N3O8S2. The van der Waals surface area contributed by atoms with E-state index in [0.717, 1.165) is 12.0 Å².